The number of unbranched alkanes of at least 4 members (excludes halogenated alkanes) is 3. The Morgan fingerprint density at radius 1 is 1.06 bits per heavy atom. The van der Waals surface area contributed by atoms with E-state index in [2.05, 4.69) is 24.5 Å². The first-order valence-corrected chi connectivity index (χ1v) is 6.67. The van der Waals surface area contributed by atoms with Crippen LogP contribution < -0.4 is 10.6 Å². The van der Waals surface area contributed by atoms with Crippen molar-refractivity contribution >= 4 is 5.91 Å². The van der Waals surface area contributed by atoms with Gasteiger partial charge in [0.05, 0.1) is 0 Å². The van der Waals surface area contributed by atoms with E-state index in [1.807, 2.05) is 6.92 Å². The van der Waals surface area contributed by atoms with E-state index in [0.29, 0.717) is 12.5 Å². The lowest BCUT2D eigenvalue weighted by atomic mass is 10.2. The number of hydrogen-bond acceptors (Lipinski definition) is 2. The van der Waals surface area contributed by atoms with Gasteiger partial charge in [-0.1, -0.05) is 33.6 Å². The molecule has 3 nitrogen and oxygen atoms in total. The van der Waals surface area contributed by atoms with Crippen molar-refractivity contribution in [1.29, 1.82) is 0 Å². The van der Waals surface area contributed by atoms with E-state index in [0.717, 1.165) is 25.9 Å². The average Bonchev–Trinajstić information content (AvgIpc) is 2.22. The first-order valence-electron chi connectivity index (χ1n) is 6.67. The number of rotatable bonds is 10. The molecule has 0 heterocycles. The molecule has 0 atom stereocenters. The lowest BCUT2D eigenvalue weighted by Gasteiger charge is -2.07. The minimum absolute atomic E-state index is 0.198. The summed E-state index contributed by atoms with van der Waals surface area (Å²) in [7, 11) is 0. The van der Waals surface area contributed by atoms with Crippen molar-refractivity contribution < 1.29 is 4.79 Å². The highest BCUT2D eigenvalue weighted by Crippen LogP contribution is 1.98. The number of carbonyl (C=O) groups is 1. The van der Waals surface area contributed by atoms with E-state index < -0.39 is 0 Å². The molecule has 0 aromatic carbocycles. The first kappa shape index (κ1) is 15.4. The number of amides is 1. The Labute approximate surface area is 100 Å². The molecule has 0 saturated heterocycles. The molecular weight excluding hydrogens is 200 g/mol. The minimum atomic E-state index is 0.198. The van der Waals surface area contributed by atoms with E-state index in [-0.39, 0.29) is 5.91 Å². The molecule has 3 heteroatoms. The number of nitrogens with one attached hydrogen (secondary N) is 2. The Morgan fingerprint density at radius 2 is 1.69 bits per heavy atom. The smallest absolute Gasteiger partial charge is 0.219 e. The largest absolute Gasteiger partial charge is 0.356 e. The van der Waals surface area contributed by atoms with Gasteiger partial charge in [-0.25, -0.2) is 0 Å². The van der Waals surface area contributed by atoms with E-state index in [1.165, 1.54) is 19.3 Å². The molecular formula is C13H28N2O. The fourth-order valence-corrected chi connectivity index (χ4v) is 1.54. The molecule has 0 aliphatic rings. The number of carbonyl (C=O) groups excluding carboxylic acids is 1. The summed E-state index contributed by atoms with van der Waals surface area (Å²) in [5, 5.41) is 6.34. The highest BCUT2D eigenvalue weighted by atomic mass is 16.1. The van der Waals surface area contributed by atoms with Gasteiger partial charge < -0.3 is 10.6 Å². The quantitative estimate of drug-likeness (QED) is 0.564. The predicted molar refractivity (Wildman–Crippen MR) is 69.5 cm³/mol. The molecule has 0 aromatic rings. The van der Waals surface area contributed by atoms with Gasteiger partial charge in [0.15, 0.2) is 0 Å². The summed E-state index contributed by atoms with van der Waals surface area (Å²) in [6.07, 6.45) is 6.42. The minimum Gasteiger partial charge on any atom is -0.356 e. The molecule has 2 N–H and O–H groups in total. The van der Waals surface area contributed by atoms with Crippen LogP contribution in [0.3, 0.4) is 0 Å². The molecule has 1 amide bonds. The fraction of sp³-hybridized carbons (Fsp3) is 0.923. The molecule has 0 bridgehead atoms. The van der Waals surface area contributed by atoms with Crippen molar-refractivity contribution in [2.24, 2.45) is 0 Å². The van der Waals surface area contributed by atoms with Crippen LogP contribution in [-0.2, 0) is 4.79 Å². The van der Waals surface area contributed by atoms with Gasteiger partial charge in [0, 0.05) is 19.0 Å². The summed E-state index contributed by atoms with van der Waals surface area (Å²) in [4.78, 5) is 11.1. The van der Waals surface area contributed by atoms with Crippen LogP contribution in [0.25, 0.3) is 0 Å². The molecule has 96 valence electrons. The van der Waals surface area contributed by atoms with Crippen molar-refractivity contribution in [3.8, 4) is 0 Å². The maximum atomic E-state index is 11.1. The van der Waals surface area contributed by atoms with Crippen molar-refractivity contribution in [3.63, 3.8) is 0 Å². The summed E-state index contributed by atoms with van der Waals surface area (Å²) in [6, 6.07) is 0.591. The monoisotopic (exact) mass is 228 g/mol. The summed E-state index contributed by atoms with van der Waals surface area (Å²) in [6.45, 7) is 8.32. The van der Waals surface area contributed by atoms with Crippen molar-refractivity contribution in [2.45, 2.75) is 65.3 Å². The first-order chi connectivity index (χ1) is 7.66. The third kappa shape index (κ3) is 11.5. The number of hydrogen-bond donors (Lipinski definition) is 2. The fourth-order valence-electron chi connectivity index (χ4n) is 1.54. The van der Waals surface area contributed by atoms with Gasteiger partial charge in [-0.15, -0.1) is 0 Å². The average molecular weight is 228 g/mol. The van der Waals surface area contributed by atoms with Gasteiger partial charge >= 0.3 is 0 Å². The van der Waals surface area contributed by atoms with Gasteiger partial charge in [-0.05, 0) is 25.8 Å². The third-order valence-electron chi connectivity index (χ3n) is 2.46. The van der Waals surface area contributed by atoms with Crippen LogP contribution in [0.2, 0.25) is 0 Å². The molecule has 16 heavy (non-hydrogen) atoms. The molecule has 0 radical (unpaired) electrons. The molecule has 0 saturated carbocycles. The van der Waals surface area contributed by atoms with E-state index in [9.17, 15) is 4.79 Å². The van der Waals surface area contributed by atoms with Gasteiger partial charge in [0.25, 0.3) is 0 Å². The maximum Gasteiger partial charge on any atom is 0.219 e. The molecule has 0 unspecified atom stereocenters. The van der Waals surface area contributed by atoms with Crippen LogP contribution in [0.4, 0.5) is 0 Å². The third-order valence-corrected chi connectivity index (χ3v) is 2.46. The molecule has 0 aromatic heterocycles. The standard InChI is InChI=1S/C13H28N2O/c1-4-9-13(16)15-11-8-6-5-7-10-14-12(2)3/h12,14H,4-11H2,1-3H3,(H,15,16). The van der Waals surface area contributed by atoms with Crippen LogP contribution in [0.5, 0.6) is 0 Å². The molecule has 0 rings (SSSR count). The van der Waals surface area contributed by atoms with Crippen LogP contribution in [0.15, 0.2) is 0 Å². The van der Waals surface area contributed by atoms with Crippen LogP contribution in [0.1, 0.15) is 59.3 Å². The second-order valence-electron chi connectivity index (χ2n) is 4.62. The Hall–Kier alpha value is -0.570. The lowest BCUT2D eigenvalue weighted by Crippen LogP contribution is -2.24. The van der Waals surface area contributed by atoms with Crippen molar-refractivity contribution in [1.82, 2.24) is 10.6 Å². The SMILES string of the molecule is CCCC(=O)NCCCCCCNC(C)C. The zero-order chi connectivity index (χ0) is 12.2. The Morgan fingerprint density at radius 3 is 2.25 bits per heavy atom. The summed E-state index contributed by atoms with van der Waals surface area (Å²) >= 11 is 0. The molecule has 0 aliphatic heterocycles. The highest BCUT2D eigenvalue weighted by molar-refractivity contribution is 5.75. The highest BCUT2D eigenvalue weighted by Gasteiger charge is 1.97. The Bertz CT molecular complexity index is 169. The second-order valence-corrected chi connectivity index (χ2v) is 4.62. The van der Waals surface area contributed by atoms with Gasteiger partial charge in [-0.2, -0.15) is 0 Å². The molecule has 0 aliphatic carbocycles. The van der Waals surface area contributed by atoms with Crippen molar-refractivity contribution in [2.75, 3.05) is 13.1 Å². The van der Waals surface area contributed by atoms with Crippen LogP contribution >= 0.6 is 0 Å². The van der Waals surface area contributed by atoms with Crippen molar-refractivity contribution in [3.05, 3.63) is 0 Å². The lowest BCUT2D eigenvalue weighted by molar-refractivity contribution is -0.121. The Kier molecular flexibility index (Phi) is 10.5. The van der Waals surface area contributed by atoms with E-state index in [4.69, 9.17) is 0 Å². The summed E-state index contributed by atoms with van der Waals surface area (Å²) in [5.74, 6) is 0.198. The topological polar surface area (TPSA) is 41.1 Å². The summed E-state index contributed by atoms with van der Waals surface area (Å²) in [5.41, 5.74) is 0. The summed E-state index contributed by atoms with van der Waals surface area (Å²) < 4.78 is 0. The second kappa shape index (κ2) is 10.9. The van der Waals surface area contributed by atoms with Crippen LogP contribution in [-0.4, -0.2) is 25.0 Å². The van der Waals surface area contributed by atoms with E-state index in [1.54, 1.807) is 0 Å². The molecule has 0 spiro atoms. The van der Waals surface area contributed by atoms with Gasteiger partial charge in [-0.3, -0.25) is 4.79 Å². The zero-order valence-corrected chi connectivity index (χ0v) is 11.1. The van der Waals surface area contributed by atoms with Gasteiger partial charge in [0.2, 0.25) is 5.91 Å². The Balaban J connectivity index is 3.07. The van der Waals surface area contributed by atoms with Crippen LogP contribution in [0, 0.1) is 0 Å². The zero-order valence-electron chi connectivity index (χ0n) is 11.1. The normalized spacial score (nSPS) is 10.8. The maximum absolute atomic E-state index is 11.1. The predicted octanol–water partition coefficient (Wildman–Crippen LogP) is 2.46. The van der Waals surface area contributed by atoms with E-state index >= 15 is 0 Å². The van der Waals surface area contributed by atoms with Gasteiger partial charge in [0.1, 0.15) is 0 Å². The molecule has 0 fully saturated rings.